The third-order valence-corrected chi connectivity index (χ3v) is 5.04. The zero-order valence-electron chi connectivity index (χ0n) is 9.97. The highest BCUT2D eigenvalue weighted by atomic mass is 79.9. The van der Waals surface area contributed by atoms with Crippen LogP contribution in [0.4, 0.5) is 5.69 Å². The summed E-state index contributed by atoms with van der Waals surface area (Å²) in [5.74, 6) is 0. The SMILES string of the molecule is N#Cc1cccc(NS(=O)(=O)c2ccc(Cl)c(Br)c2)c1. The van der Waals surface area contributed by atoms with E-state index in [9.17, 15) is 8.42 Å². The van der Waals surface area contributed by atoms with E-state index >= 15 is 0 Å². The van der Waals surface area contributed by atoms with E-state index in [0.29, 0.717) is 20.7 Å². The molecular weight excluding hydrogens is 364 g/mol. The van der Waals surface area contributed by atoms with E-state index in [2.05, 4.69) is 20.7 Å². The van der Waals surface area contributed by atoms with Crippen LogP contribution in [-0.2, 0) is 10.0 Å². The summed E-state index contributed by atoms with van der Waals surface area (Å²) < 4.78 is 27.3. The van der Waals surface area contributed by atoms with E-state index in [4.69, 9.17) is 16.9 Å². The molecule has 0 radical (unpaired) electrons. The maximum Gasteiger partial charge on any atom is 0.261 e. The highest BCUT2D eigenvalue weighted by Gasteiger charge is 2.15. The van der Waals surface area contributed by atoms with Crippen LogP contribution >= 0.6 is 27.5 Å². The first kappa shape index (κ1) is 14.9. The normalized spacial score (nSPS) is 10.8. The minimum absolute atomic E-state index is 0.0798. The van der Waals surface area contributed by atoms with Crippen LogP contribution in [0, 0.1) is 11.3 Å². The molecule has 4 nitrogen and oxygen atoms in total. The lowest BCUT2D eigenvalue weighted by Crippen LogP contribution is -2.13. The molecule has 102 valence electrons. The summed E-state index contributed by atoms with van der Waals surface area (Å²) in [6.07, 6.45) is 0. The Bertz CT molecular complexity index is 800. The van der Waals surface area contributed by atoms with Gasteiger partial charge in [-0.1, -0.05) is 17.7 Å². The van der Waals surface area contributed by atoms with Crippen molar-refractivity contribution in [2.45, 2.75) is 4.90 Å². The number of benzene rings is 2. The summed E-state index contributed by atoms with van der Waals surface area (Å²) in [6, 6.07) is 12.5. The van der Waals surface area contributed by atoms with Crippen molar-refractivity contribution in [2.75, 3.05) is 4.72 Å². The van der Waals surface area contributed by atoms with Crippen LogP contribution < -0.4 is 4.72 Å². The zero-order chi connectivity index (χ0) is 14.8. The molecular formula is C13H8BrClN2O2S. The molecule has 0 fully saturated rings. The largest absolute Gasteiger partial charge is 0.280 e. The molecule has 0 amide bonds. The number of nitrogens with zero attached hydrogens (tertiary/aromatic N) is 1. The van der Waals surface area contributed by atoms with Crippen LogP contribution in [0.15, 0.2) is 51.8 Å². The third-order valence-electron chi connectivity index (χ3n) is 2.45. The lowest BCUT2D eigenvalue weighted by atomic mass is 10.2. The second-order valence-corrected chi connectivity index (χ2v) is 6.82. The van der Waals surface area contributed by atoms with E-state index in [1.54, 1.807) is 18.2 Å². The summed E-state index contributed by atoms with van der Waals surface area (Å²) >= 11 is 9.01. The van der Waals surface area contributed by atoms with Crippen LogP contribution in [0.5, 0.6) is 0 Å². The van der Waals surface area contributed by atoms with Gasteiger partial charge >= 0.3 is 0 Å². The maximum absolute atomic E-state index is 12.2. The van der Waals surface area contributed by atoms with Crippen molar-refractivity contribution in [2.24, 2.45) is 0 Å². The van der Waals surface area contributed by atoms with E-state index in [0.717, 1.165) is 0 Å². The summed E-state index contributed by atoms with van der Waals surface area (Å²) in [6.45, 7) is 0. The monoisotopic (exact) mass is 370 g/mol. The summed E-state index contributed by atoms with van der Waals surface area (Å²) in [7, 11) is -3.73. The topological polar surface area (TPSA) is 70.0 Å². The quantitative estimate of drug-likeness (QED) is 0.892. The Kier molecular flexibility index (Phi) is 4.33. The predicted octanol–water partition coefficient (Wildman–Crippen LogP) is 3.77. The fraction of sp³-hybridized carbons (Fsp3) is 0. The van der Waals surface area contributed by atoms with Crippen molar-refractivity contribution in [3.63, 3.8) is 0 Å². The third kappa shape index (κ3) is 3.31. The van der Waals surface area contributed by atoms with Gasteiger partial charge in [0.2, 0.25) is 0 Å². The molecule has 2 rings (SSSR count). The van der Waals surface area contributed by atoms with Gasteiger partial charge in [0.05, 0.1) is 27.2 Å². The minimum atomic E-state index is -3.73. The molecule has 0 saturated heterocycles. The standard InChI is InChI=1S/C13H8BrClN2O2S/c14-12-7-11(4-5-13(12)15)20(18,19)17-10-3-1-2-9(6-10)8-16/h1-7,17H. The molecule has 2 aromatic rings. The van der Waals surface area contributed by atoms with Gasteiger partial charge in [0.25, 0.3) is 10.0 Å². The van der Waals surface area contributed by atoms with Crippen molar-refractivity contribution < 1.29 is 8.42 Å². The second-order valence-electron chi connectivity index (χ2n) is 3.87. The van der Waals surface area contributed by atoms with Gasteiger partial charge < -0.3 is 0 Å². The summed E-state index contributed by atoms with van der Waals surface area (Å²) in [5.41, 5.74) is 0.706. The summed E-state index contributed by atoms with van der Waals surface area (Å²) in [4.78, 5) is 0.0798. The van der Waals surface area contributed by atoms with Gasteiger partial charge in [-0.05, 0) is 52.3 Å². The molecule has 0 heterocycles. The van der Waals surface area contributed by atoms with Crippen LogP contribution in [0.25, 0.3) is 0 Å². The average Bonchev–Trinajstić information content (AvgIpc) is 2.41. The number of nitriles is 1. The van der Waals surface area contributed by atoms with Gasteiger partial charge in [-0.25, -0.2) is 8.42 Å². The van der Waals surface area contributed by atoms with Crippen molar-refractivity contribution in [1.29, 1.82) is 5.26 Å². The number of hydrogen-bond donors (Lipinski definition) is 1. The van der Waals surface area contributed by atoms with Gasteiger partial charge in [-0.15, -0.1) is 0 Å². The molecule has 0 aromatic heterocycles. The highest BCUT2D eigenvalue weighted by Crippen LogP contribution is 2.26. The molecule has 7 heteroatoms. The molecule has 0 saturated carbocycles. The van der Waals surface area contributed by atoms with Gasteiger partial charge in [-0.2, -0.15) is 5.26 Å². The molecule has 2 aromatic carbocycles. The van der Waals surface area contributed by atoms with Crippen molar-refractivity contribution >= 4 is 43.2 Å². The lowest BCUT2D eigenvalue weighted by Gasteiger charge is -2.09. The van der Waals surface area contributed by atoms with E-state index in [1.165, 1.54) is 24.3 Å². The van der Waals surface area contributed by atoms with Gasteiger partial charge in [0.1, 0.15) is 0 Å². The van der Waals surface area contributed by atoms with Crippen molar-refractivity contribution in [3.8, 4) is 6.07 Å². The Morgan fingerprint density at radius 1 is 1.20 bits per heavy atom. The fourth-order valence-electron chi connectivity index (χ4n) is 1.51. The Morgan fingerprint density at radius 2 is 1.95 bits per heavy atom. The zero-order valence-corrected chi connectivity index (χ0v) is 13.1. The first-order chi connectivity index (χ1) is 9.42. The first-order valence-electron chi connectivity index (χ1n) is 5.40. The van der Waals surface area contributed by atoms with Gasteiger partial charge in [0.15, 0.2) is 0 Å². The van der Waals surface area contributed by atoms with E-state index in [-0.39, 0.29) is 4.90 Å². The number of sulfonamides is 1. The first-order valence-corrected chi connectivity index (χ1v) is 8.06. The molecule has 0 atom stereocenters. The molecule has 1 N–H and O–H groups in total. The van der Waals surface area contributed by atoms with Gasteiger partial charge in [0, 0.05) is 4.47 Å². The maximum atomic E-state index is 12.2. The number of rotatable bonds is 3. The van der Waals surface area contributed by atoms with E-state index in [1.807, 2.05) is 6.07 Å². The summed E-state index contributed by atoms with van der Waals surface area (Å²) in [5, 5.41) is 9.22. The van der Waals surface area contributed by atoms with Crippen LogP contribution in [0.3, 0.4) is 0 Å². The van der Waals surface area contributed by atoms with E-state index < -0.39 is 10.0 Å². The van der Waals surface area contributed by atoms with Crippen molar-refractivity contribution in [1.82, 2.24) is 0 Å². The van der Waals surface area contributed by atoms with Crippen molar-refractivity contribution in [3.05, 3.63) is 57.5 Å². The number of nitrogens with one attached hydrogen (secondary N) is 1. The molecule has 0 bridgehead atoms. The Morgan fingerprint density at radius 3 is 2.60 bits per heavy atom. The minimum Gasteiger partial charge on any atom is -0.280 e. The average molecular weight is 372 g/mol. The fourth-order valence-corrected chi connectivity index (χ4v) is 3.23. The molecule has 0 unspecified atom stereocenters. The van der Waals surface area contributed by atoms with Crippen LogP contribution in [0.2, 0.25) is 5.02 Å². The lowest BCUT2D eigenvalue weighted by molar-refractivity contribution is 0.601. The molecule has 0 aliphatic heterocycles. The molecule has 0 aliphatic carbocycles. The Hall–Kier alpha value is -1.55. The number of hydrogen-bond acceptors (Lipinski definition) is 3. The number of anilines is 1. The Balaban J connectivity index is 2.35. The molecule has 0 spiro atoms. The highest BCUT2D eigenvalue weighted by molar-refractivity contribution is 9.10. The van der Waals surface area contributed by atoms with Gasteiger partial charge in [-0.3, -0.25) is 4.72 Å². The number of halogens is 2. The van der Waals surface area contributed by atoms with Crippen LogP contribution in [0.1, 0.15) is 5.56 Å². The smallest absolute Gasteiger partial charge is 0.261 e. The molecule has 0 aliphatic rings. The Labute approximate surface area is 130 Å². The predicted molar refractivity (Wildman–Crippen MR) is 81.1 cm³/mol. The molecule has 20 heavy (non-hydrogen) atoms. The second kappa shape index (κ2) is 5.83. The van der Waals surface area contributed by atoms with Crippen LogP contribution in [-0.4, -0.2) is 8.42 Å².